The number of benzene rings is 2. The highest BCUT2D eigenvalue weighted by Gasteiger charge is 2.12. The smallest absolute Gasteiger partial charge is 0.229 e. The second kappa shape index (κ2) is 7.05. The molecule has 0 aliphatic heterocycles. The number of aryl methyl sites for hydroxylation is 1. The number of anilines is 3. The fourth-order valence-corrected chi connectivity index (χ4v) is 2.86. The molecular formula is C19H21ClN4. The van der Waals surface area contributed by atoms with Gasteiger partial charge in [-0.1, -0.05) is 29.8 Å². The molecule has 0 unspecified atom stereocenters. The molecule has 5 heteroatoms. The molecule has 1 N–H and O–H groups in total. The van der Waals surface area contributed by atoms with Gasteiger partial charge in [-0.25, -0.2) is 4.98 Å². The molecule has 1 aromatic heterocycles. The molecule has 0 radical (unpaired) electrons. The van der Waals surface area contributed by atoms with Crippen LogP contribution in [-0.2, 0) is 0 Å². The van der Waals surface area contributed by atoms with E-state index in [4.69, 9.17) is 16.6 Å². The van der Waals surface area contributed by atoms with E-state index < -0.39 is 0 Å². The van der Waals surface area contributed by atoms with Crippen molar-refractivity contribution in [3.05, 3.63) is 53.1 Å². The molecule has 124 valence electrons. The molecule has 1 heterocycles. The number of halogens is 1. The highest BCUT2D eigenvalue weighted by molar-refractivity contribution is 6.31. The van der Waals surface area contributed by atoms with Crippen LogP contribution >= 0.6 is 11.6 Å². The van der Waals surface area contributed by atoms with Crippen LogP contribution in [0.1, 0.15) is 19.4 Å². The minimum absolute atomic E-state index is 0.579. The van der Waals surface area contributed by atoms with Crippen LogP contribution in [0.3, 0.4) is 0 Å². The summed E-state index contributed by atoms with van der Waals surface area (Å²) < 4.78 is 0. The normalized spacial score (nSPS) is 10.8. The van der Waals surface area contributed by atoms with E-state index in [1.165, 1.54) is 0 Å². The molecule has 24 heavy (non-hydrogen) atoms. The van der Waals surface area contributed by atoms with Crippen LogP contribution < -0.4 is 10.2 Å². The highest BCUT2D eigenvalue weighted by atomic mass is 35.5. The zero-order valence-corrected chi connectivity index (χ0v) is 14.9. The van der Waals surface area contributed by atoms with Gasteiger partial charge in [0.25, 0.3) is 0 Å². The fraction of sp³-hybridized carbons (Fsp3) is 0.263. The Kier molecular flexibility index (Phi) is 4.86. The van der Waals surface area contributed by atoms with Gasteiger partial charge in [-0.2, -0.15) is 4.98 Å². The quantitative estimate of drug-likeness (QED) is 0.694. The van der Waals surface area contributed by atoms with Gasteiger partial charge < -0.3 is 10.2 Å². The minimum atomic E-state index is 0.579. The molecule has 2 aromatic carbocycles. The zero-order chi connectivity index (χ0) is 17.1. The third kappa shape index (κ3) is 3.29. The molecule has 0 atom stereocenters. The van der Waals surface area contributed by atoms with Crippen LogP contribution in [0, 0.1) is 6.92 Å². The van der Waals surface area contributed by atoms with Crippen molar-refractivity contribution in [1.29, 1.82) is 0 Å². The molecule has 0 spiro atoms. The van der Waals surface area contributed by atoms with Crippen LogP contribution in [0.4, 0.5) is 17.5 Å². The molecular weight excluding hydrogens is 320 g/mol. The molecule has 0 saturated heterocycles. The molecule has 3 rings (SSSR count). The summed E-state index contributed by atoms with van der Waals surface area (Å²) in [5.41, 5.74) is 2.85. The summed E-state index contributed by atoms with van der Waals surface area (Å²) in [5.74, 6) is 1.53. The average molecular weight is 341 g/mol. The summed E-state index contributed by atoms with van der Waals surface area (Å²) in [4.78, 5) is 11.6. The molecule has 0 saturated carbocycles. The van der Waals surface area contributed by atoms with Gasteiger partial charge in [0.1, 0.15) is 5.82 Å². The maximum atomic E-state index is 6.21. The fourth-order valence-electron chi connectivity index (χ4n) is 2.68. The summed E-state index contributed by atoms with van der Waals surface area (Å²) in [7, 11) is 0. The van der Waals surface area contributed by atoms with Crippen molar-refractivity contribution in [2.24, 2.45) is 0 Å². The lowest BCUT2D eigenvalue weighted by Gasteiger charge is -2.22. The second-order valence-corrected chi connectivity index (χ2v) is 6.06. The van der Waals surface area contributed by atoms with Crippen LogP contribution in [0.2, 0.25) is 5.02 Å². The van der Waals surface area contributed by atoms with Crippen molar-refractivity contribution in [3.63, 3.8) is 0 Å². The molecule has 0 amide bonds. The number of nitrogens with zero attached hydrogens (tertiary/aromatic N) is 3. The first-order chi connectivity index (χ1) is 11.6. The average Bonchev–Trinajstić information content (AvgIpc) is 2.59. The summed E-state index contributed by atoms with van der Waals surface area (Å²) >= 11 is 6.21. The summed E-state index contributed by atoms with van der Waals surface area (Å²) in [6.45, 7) is 8.04. The predicted octanol–water partition coefficient (Wildman–Crippen LogP) is 5.18. The number of aromatic nitrogens is 2. The van der Waals surface area contributed by atoms with Gasteiger partial charge in [0.15, 0.2) is 0 Å². The van der Waals surface area contributed by atoms with Gasteiger partial charge in [0.2, 0.25) is 5.95 Å². The number of nitrogens with one attached hydrogen (secondary N) is 1. The summed E-state index contributed by atoms with van der Waals surface area (Å²) in [6.07, 6.45) is 0. The Bertz CT molecular complexity index is 859. The first-order valence-electron chi connectivity index (χ1n) is 8.17. The van der Waals surface area contributed by atoms with Gasteiger partial charge in [0, 0.05) is 29.2 Å². The van der Waals surface area contributed by atoms with Crippen LogP contribution in [0.15, 0.2) is 42.5 Å². The molecule has 0 bridgehead atoms. The Hall–Kier alpha value is -2.33. The van der Waals surface area contributed by atoms with E-state index in [0.717, 1.165) is 46.1 Å². The molecule has 3 aromatic rings. The van der Waals surface area contributed by atoms with E-state index in [-0.39, 0.29) is 0 Å². The number of rotatable bonds is 5. The Morgan fingerprint density at radius 1 is 1.04 bits per heavy atom. The summed E-state index contributed by atoms with van der Waals surface area (Å²) in [6, 6.07) is 14.0. The Morgan fingerprint density at radius 2 is 1.79 bits per heavy atom. The standard InChI is InChI=1S/C19H21ClN4/c1-4-24(5-2)18-15-8-6-7-9-17(15)22-19(23-18)21-14-11-10-13(3)16(20)12-14/h6-12H,4-5H2,1-3H3,(H,21,22,23). The first-order valence-corrected chi connectivity index (χ1v) is 8.55. The van der Waals surface area contributed by atoms with Crippen LogP contribution in [0.25, 0.3) is 10.9 Å². The number of hydrogen-bond donors (Lipinski definition) is 1. The lowest BCUT2D eigenvalue weighted by molar-refractivity contribution is 0.850. The van der Waals surface area contributed by atoms with E-state index >= 15 is 0 Å². The Balaban J connectivity index is 2.06. The van der Waals surface area contributed by atoms with Gasteiger partial charge >= 0.3 is 0 Å². The number of hydrogen-bond acceptors (Lipinski definition) is 4. The lowest BCUT2D eigenvalue weighted by Crippen LogP contribution is -2.23. The molecule has 0 fully saturated rings. The van der Waals surface area contributed by atoms with Crippen molar-refractivity contribution in [2.75, 3.05) is 23.3 Å². The SMILES string of the molecule is CCN(CC)c1nc(Nc2ccc(C)c(Cl)c2)nc2ccccc12. The third-order valence-corrected chi connectivity index (χ3v) is 4.48. The summed E-state index contributed by atoms with van der Waals surface area (Å²) in [5, 5.41) is 5.06. The Morgan fingerprint density at radius 3 is 2.50 bits per heavy atom. The van der Waals surface area contributed by atoms with Crippen LogP contribution in [-0.4, -0.2) is 23.1 Å². The van der Waals surface area contributed by atoms with Gasteiger partial charge in [0.05, 0.1) is 5.52 Å². The molecule has 0 aliphatic carbocycles. The van der Waals surface area contributed by atoms with Crippen molar-refractivity contribution in [2.45, 2.75) is 20.8 Å². The Labute approximate surface area is 147 Å². The monoisotopic (exact) mass is 340 g/mol. The number of para-hydroxylation sites is 1. The van der Waals surface area contributed by atoms with Gasteiger partial charge in [-0.3, -0.25) is 0 Å². The van der Waals surface area contributed by atoms with E-state index in [0.29, 0.717) is 5.95 Å². The van der Waals surface area contributed by atoms with Crippen LogP contribution in [0.5, 0.6) is 0 Å². The lowest BCUT2D eigenvalue weighted by atomic mass is 10.2. The third-order valence-electron chi connectivity index (χ3n) is 4.07. The van der Waals surface area contributed by atoms with Gasteiger partial charge in [-0.05, 0) is 50.6 Å². The first kappa shape index (κ1) is 16.5. The zero-order valence-electron chi connectivity index (χ0n) is 14.2. The van der Waals surface area contributed by atoms with Crippen molar-refractivity contribution >= 4 is 40.0 Å². The molecule has 0 aliphatic rings. The second-order valence-electron chi connectivity index (χ2n) is 5.65. The maximum absolute atomic E-state index is 6.21. The molecule has 4 nitrogen and oxygen atoms in total. The maximum Gasteiger partial charge on any atom is 0.229 e. The van der Waals surface area contributed by atoms with E-state index in [1.807, 2.05) is 43.3 Å². The van der Waals surface area contributed by atoms with E-state index in [1.54, 1.807) is 0 Å². The largest absolute Gasteiger partial charge is 0.356 e. The van der Waals surface area contributed by atoms with Crippen molar-refractivity contribution < 1.29 is 0 Å². The minimum Gasteiger partial charge on any atom is -0.356 e. The topological polar surface area (TPSA) is 41.1 Å². The van der Waals surface area contributed by atoms with E-state index in [9.17, 15) is 0 Å². The van der Waals surface area contributed by atoms with Crippen molar-refractivity contribution in [1.82, 2.24) is 9.97 Å². The highest BCUT2D eigenvalue weighted by Crippen LogP contribution is 2.27. The van der Waals surface area contributed by atoms with Crippen molar-refractivity contribution in [3.8, 4) is 0 Å². The number of fused-ring (bicyclic) bond motifs is 1. The predicted molar refractivity (Wildman–Crippen MR) is 103 cm³/mol. The van der Waals surface area contributed by atoms with E-state index in [2.05, 4.69) is 35.1 Å². The van der Waals surface area contributed by atoms with Gasteiger partial charge in [-0.15, -0.1) is 0 Å².